The van der Waals surface area contributed by atoms with Crippen LogP contribution in [-0.4, -0.2) is 6.26 Å². The molecule has 1 nitrogen and oxygen atoms in total. The van der Waals surface area contributed by atoms with Crippen molar-refractivity contribution in [2.45, 2.75) is 13.8 Å². The highest BCUT2D eigenvalue weighted by Gasteiger charge is 1.57. The summed E-state index contributed by atoms with van der Waals surface area (Å²) in [6, 6.07) is 12.0. The molecule has 0 saturated heterocycles. The van der Waals surface area contributed by atoms with Gasteiger partial charge in [-0.15, -0.1) is 11.8 Å². The summed E-state index contributed by atoms with van der Waals surface area (Å²) in [5, 5.41) is 1.79. The lowest BCUT2D eigenvalue weighted by Gasteiger charge is -1.69. The Balaban J connectivity index is -0.000000128. The van der Waals surface area contributed by atoms with Gasteiger partial charge in [0.25, 0.3) is 0 Å². The second-order valence-corrected chi connectivity index (χ2v) is 2.36. The summed E-state index contributed by atoms with van der Waals surface area (Å²) in [6.07, 6.45) is 1.98. The Morgan fingerprint density at radius 3 is 1.15 bits per heavy atom. The van der Waals surface area contributed by atoms with Gasteiger partial charge in [-0.1, -0.05) is 56.8 Å². The lowest BCUT2D eigenvalue weighted by Crippen LogP contribution is -1.47. The van der Waals surface area contributed by atoms with E-state index in [9.17, 15) is 0 Å². The number of thioether (sulfide) groups is 1. The quantitative estimate of drug-likeness (QED) is 0.729. The summed E-state index contributed by atoms with van der Waals surface area (Å²) < 4.78 is 0. The molecule has 3 N–H and O–H groups in total. The Kier molecular flexibility index (Phi) is 31.4. The Hall–Kier alpha value is -0.730. The highest BCUT2D eigenvalue weighted by atomic mass is 32.2. The molecule has 0 saturated carbocycles. The molecule has 1 aromatic carbocycles. The molecule has 0 heterocycles. The van der Waals surface area contributed by atoms with Crippen molar-refractivity contribution >= 4 is 11.8 Å². The van der Waals surface area contributed by atoms with Crippen LogP contribution in [0.3, 0.4) is 0 Å². The van der Waals surface area contributed by atoms with Crippen LogP contribution in [0, 0.1) is 0 Å². The van der Waals surface area contributed by atoms with E-state index in [0.717, 1.165) is 0 Å². The first-order valence-corrected chi connectivity index (χ1v) is 5.34. The second kappa shape index (κ2) is 22.5. The Labute approximate surface area is 86.8 Å². The van der Waals surface area contributed by atoms with Crippen LogP contribution < -0.4 is 6.15 Å². The van der Waals surface area contributed by atoms with Crippen molar-refractivity contribution in [3.63, 3.8) is 0 Å². The molecule has 0 aliphatic rings. The van der Waals surface area contributed by atoms with Gasteiger partial charge in [-0.05, 0) is 11.7 Å². The molecule has 0 unspecified atom stereocenters. The standard InChI is InChI=1S/C6H6.C3H6S.C2H6.H3N/c1-2-4-6-5-3-1;1-3-4-2;1-2;/h1-6H;3H,1H2,2H3;1-2H3;1H3. The molecule has 2 heteroatoms. The monoisotopic (exact) mass is 199 g/mol. The maximum Gasteiger partial charge on any atom is -0.0142 e. The fourth-order valence-electron chi connectivity index (χ4n) is 0.385. The Bertz CT molecular complexity index is 125. The van der Waals surface area contributed by atoms with Gasteiger partial charge in [-0.3, -0.25) is 0 Å². The van der Waals surface area contributed by atoms with Crippen molar-refractivity contribution in [2.24, 2.45) is 0 Å². The molecule has 0 fully saturated rings. The van der Waals surface area contributed by atoms with Crippen LogP contribution in [0.1, 0.15) is 13.8 Å². The maximum absolute atomic E-state index is 3.44. The molecule has 13 heavy (non-hydrogen) atoms. The van der Waals surface area contributed by atoms with Crippen LogP contribution in [0.5, 0.6) is 0 Å². The van der Waals surface area contributed by atoms with E-state index >= 15 is 0 Å². The van der Waals surface area contributed by atoms with Crippen LogP contribution in [0.4, 0.5) is 0 Å². The van der Waals surface area contributed by atoms with Gasteiger partial charge in [-0.25, -0.2) is 0 Å². The molecule has 0 radical (unpaired) electrons. The van der Waals surface area contributed by atoms with Gasteiger partial charge < -0.3 is 6.15 Å². The van der Waals surface area contributed by atoms with Gasteiger partial charge in [0, 0.05) is 0 Å². The lowest BCUT2D eigenvalue weighted by atomic mass is 10.4. The van der Waals surface area contributed by atoms with Crippen molar-refractivity contribution in [2.75, 3.05) is 6.26 Å². The third-order valence-electron chi connectivity index (χ3n) is 0.833. The average Bonchev–Trinajstić information content (AvgIpc) is 2.24. The van der Waals surface area contributed by atoms with E-state index < -0.39 is 0 Å². The Morgan fingerprint density at radius 2 is 1.08 bits per heavy atom. The van der Waals surface area contributed by atoms with E-state index in [1.165, 1.54) is 0 Å². The third kappa shape index (κ3) is 24.6. The van der Waals surface area contributed by atoms with Crippen LogP contribution in [0.15, 0.2) is 48.4 Å². The number of hydrogen-bond donors (Lipinski definition) is 1. The average molecular weight is 199 g/mol. The van der Waals surface area contributed by atoms with E-state index in [2.05, 4.69) is 6.58 Å². The molecule has 0 aliphatic heterocycles. The molecule has 0 bridgehead atoms. The van der Waals surface area contributed by atoms with E-state index in [1.54, 1.807) is 17.2 Å². The van der Waals surface area contributed by atoms with Crippen molar-refractivity contribution in [1.82, 2.24) is 6.15 Å². The summed E-state index contributed by atoms with van der Waals surface area (Å²) in [4.78, 5) is 0. The van der Waals surface area contributed by atoms with Crippen LogP contribution in [0.25, 0.3) is 0 Å². The summed E-state index contributed by atoms with van der Waals surface area (Å²) in [5.41, 5.74) is 0. The van der Waals surface area contributed by atoms with E-state index in [1.807, 2.05) is 56.5 Å². The maximum atomic E-state index is 3.44. The molecule has 0 amide bonds. The van der Waals surface area contributed by atoms with Crippen molar-refractivity contribution in [3.8, 4) is 0 Å². The van der Waals surface area contributed by atoms with Crippen LogP contribution in [-0.2, 0) is 0 Å². The minimum Gasteiger partial charge on any atom is -0.344 e. The summed E-state index contributed by atoms with van der Waals surface area (Å²) in [7, 11) is 0. The van der Waals surface area contributed by atoms with Gasteiger partial charge in [-0.2, -0.15) is 0 Å². The second-order valence-electron chi connectivity index (χ2n) is 1.56. The number of hydrogen-bond acceptors (Lipinski definition) is 2. The fraction of sp³-hybridized carbons (Fsp3) is 0.273. The topological polar surface area (TPSA) is 35.0 Å². The minimum atomic E-state index is 0. The predicted molar refractivity (Wildman–Crippen MR) is 66.5 cm³/mol. The molecule has 1 rings (SSSR count). The molecule has 0 aromatic heterocycles. The SMILES string of the molecule is C=CSC.CC.N.c1ccccc1. The molecule has 1 aromatic rings. The van der Waals surface area contributed by atoms with Crippen molar-refractivity contribution in [1.29, 1.82) is 0 Å². The smallest absolute Gasteiger partial charge is 0.0142 e. The molecule has 0 aliphatic carbocycles. The zero-order valence-electron chi connectivity index (χ0n) is 8.86. The normalized spacial score (nSPS) is 6.08. The highest BCUT2D eigenvalue weighted by molar-refractivity contribution is 8.01. The van der Waals surface area contributed by atoms with E-state index in [4.69, 9.17) is 0 Å². The third-order valence-corrected chi connectivity index (χ3v) is 1.17. The van der Waals surface area contributed by atoms with E-state index in [-0.39, 0.29) is 6.15 Å². The van der Waals surface area contributed by atoms with Crippen LogP contribution in [0.2, 0.25) is 0 Å². The highest BCUT2D eigenvalue weighted by Crippen LogP contribution is 1.85. The van der Waals surface area contributed by atoms with Crippen molar-refractivity contribution in [3.05, 3.63) is 48.4 Å². The number of rotatable bonds is 1. The molecular weight excluding hydrogens is 178 g/mol. The molecular formula is C11H21NS. The van der Waals surface area contributed by atoms with Crippen LogP contribution >= 0.6 is 11.8 Å². The minimum absolute atomic E-state index is 0. The largest absolute Gasteiger partial charge is 0.344 e. The van der Waals surface area contributed by atoms with Gasteiger partial charge in [0.15, 0.2) is 0 Å². The summed E-state index contributed by atoms with van der Waals surface area (Å²) in [6.45, 7) is 7.44. The molecule has 76 valence electrons. The van der Waals surface area contributed by atoms with Crippen molar-refractivity contribution < 1.29 is 0 Å². The van der Waals surface area contributed by atoms with E-state index in [0.29, 0.717) is 0 Å². The molecule has 0 atom stereocenters. The fourth-order valence-corrected chi connectivity index (χ4v) is 0.385. The number of benzene rings is 1. The molecule has 0 spiro atoms. The van der Waals surface area contributed by atoms with Gasteiger partial charge in [0.05, 0.1) is 0 Å². The summed E-state index contributed by atoms with van der Waals surface area (Å²) in [5.74, 6) is 0. The Morgan fingerprint density at radius 1 is 0.923 bits per heavy atom. The first kappa shape index (κ1) is 18.1. The first-order valence-electron chi connectivity index (χ1n) is 4.05. The lowest BCUT2D eigenvalue weighted by molar-refractivity contribution is 1.50. The zero-order chi connectivity index (χ0) is 9.66. The van der Waals surface area contributed by atoms with Gasteiger partial charge >= 0.3 is 0 Å². The first-order chi connectivity index (χ1) is 5.91. The van der Waals surface area contributed by atoms with Gasteiger partial charge in [0.2, 0.25) is 0 Å². The zero-order valence-corrected chi connectivity index (χ0v) is 9.68. The summed E-state index contributed by atoms with van der Waals surface area (Å²) >= 11 is 1.62. The predicted octanol–water partition coefficient (Wildman–Crippen LogP) is 4.37. The van der Waals surface area contributed by atoms with Gasteiger partial charge in [0.1, 0.15) is 0 Å².